The molecule has 0 aliphatic carbocycles. The Morgan fingerprint density at radius 2 is 1.86 bits per heavy atom. The van der Waals surface area contributed by atoms with Gasteiger partial charge in [0.25, 0.3) is 6.43 Å². The number of rotatable bonds is 3. The van der Waals surface area contributed by atoms with Crippen molar-refractivity contribution in [2.45, 2.75) is 45.3 Å². The first-order valence-electron chi connectivity index (χ1n) is 6.30. The van der Waals surface area contributed by atoms with Crippen molar-refractivity contribution in [3.05, 3.63) is 29.6 Å². The van der Waals surface area contributed by atoms with Gasteiger partial charge in [0, 0.05) is 11.3 Å². The Morgan fingerprint density at radius 3 is 2.33 bits per heavy atom. The molecule has 0 fully saturated rings. The van der Waals surface area contributed by atoms with Crippen molar-refractivity contribution in [3.63, 3.8) is 0 Å². The molecule has 0 heterocycles. The summed E-state index contributed by atoms with van der Waals surface area (Å²) in [5, 5.41) is 2.35. The maximum atomic E-state index is 13.7. The smallest absolute Gasteiger partial charge is 0.412 e. The standard InChI is InChI=1S/C14H19F3N2O2/c1-13(2,3)21-12(20)19-8-5-6-10(15)9(7-8)14(4,18)11(16)17/h5-7,11H,18H2,1-4H3,(H,19,20). The average Bonchev–Trinajstić information content (AvgIpc) is 2.28. The highest BCUT2D eigenvalue weighted by atomic mass is 19.3. The second kappa shape index (κ2) is 5.93. The van der Waals surface area contributed by atoms with Gasteiger partial charge < -0.3 is 10.5 Å². The molecule has 0 aliphatic heterocycles. The minimum absolute atomic E-state index is 0.123. The van der Waals surface area contributed by atoms with Gasteiger partial charge in [-0.15, -0.1) is 0 Å². The number of halogens is 3. The van der Waals surface area contributed by atoms with Gasteiger partial charge in [-0.2, -0.15) is 0 Å². The largest absolute Gasteiger partial charge is 0.444 e. The van der Waals surface area contributed by atoms with E-state index in [9.17, 15) is 18.0 Å². The second-order valence-corrected chi connectivity index (χ2v) is 5.90. The molecule has 7 heteroatoms. The fraction of sp³-hybridized carbons (Fsp3) is 0.500. The van der Waals surface area contributed by atoms with E-state index in [1.165, 1.54) is 6.07 Å². The van der Waals surface area contributed by atoms with Gasteiger partial charge in [0.2, 0.25) is 0 Å². The maximum Gasteiger partial charge on any atom is 0.412 e. The second-order valence-electron chi connectivity index (χ2n) is 5.90. The first kappa shape index (κ1) is 17.3. The van der Waals surface area contributed by atoms with Gasteiger partial charge >= 0.3 is 6.09 Å². The van der Waals surface area contributed by atoms with Crippen LogP contribution in [0.3, 0.4) is 0 Å². The van der Waals surface area contributed by atoms with Crippen LogP contribution in [0.4, 0.5) is 23.7 Å². The van der Waals surface area contributed by atoms with Crippen molar-refractivity contribution < 1.29 is 22.7 Å². The fourth-order valence-electron chi connectivity index (χ4n) is 1.55. The lowest BCUT2D eigenvalue weighted by molar-refractivity contribution is 0.0605. The minimum atomic E-state index is -2.95. The molecule has 1 rings (SSSR count). The number of nitrogens with two attached hydrogens (primary N) is 1. The van der Waals surface area contributed by atoms with Crippen LogP contribution in [0.25, 0.3) is 0 Å². The van der Waals surface area contributed by atoms with Crippen molar-refractivity contribution >= 4 is 11.8 Å². The Kier molecular flexibility index (Phi) is 4.88. The van der Waals surface area contributed by atoms with E-state index in [1.54, 1.807) is 20.8 Å². The van der Waals surface area contributed by atoms with E-state index in [1.807, 2.05) is 0 Å². The lowest BCUT2D eigenvalue weighted by Gasteiger charge is -2.25. The Balaban J connectivity index is 3.00. The number of alkyl halides is 2. The number of amides is 1. The van der Waals surface area contributed by atoms with Gasteiger partial charge in [-0.05, 0) is 45.9 Å². The van der Waals surface area contributed by atoms with Crippen molar-refractivity contribution in [1.82, 2.24) is 0 Å². The number of hydrogen-bond donors (Lipinski definition) is 2. The fourth-order valence-corrected chi connectivity index (χ4v) is 1.55. The molecule has 1 amide bonds. The van der Waals surface area contributed by atoms with Crippen LogP contribution in [0, 0.1) is 5.82 Å². The van der Waals surface area contributed by atoms with Gasteiger partial charge in [0.05, 0.1) is 0 Å². The predicted molar refractivity (Wildman–Crippen MR) is 73.8 cm³/mol. The molecule has 118 valence electrons. The summed E-state index contributed by atoms with van der Waals surface area (Å²) in [4.78, 5) is 11.6. The molecule has 0 saturated heterocycles. The Labute approximate surface area is 121 Å². The van der Waals surface area contributed by atoms with Crippen molar-refractivity contribution in [2.24, 2.45) is 5.73 Å². The summed E-state index contributed by atoms with van der Waals surface area (Å²) in [5.74, 6) is -0.866. The van der Waals surface area contributed by atoms with E-state index in [0.717, 1.165) is 19.1 Å². The molecule has 0 aliphatic rings. The Morgan fingerprint density at radius 1 is 1.29 bits per heavy atom. The molecule has 3 N–H and O–H groups in total. The third-order valence-corrected chi connectivity index (χ3v) is 2.65. The highest BCUT2D eigenvalue weighted by molar-refractivity contribution is 5.85. The first-order chi connectivity index (χ1) is 9.43. The number of ether oxygens (including phenoxy) is 1. The maximum absolute atomic E-state index is 13.7. The summed E-state index contributed by atoms with van der Waals surface area (Å²) < 4.78 is 44.5. The van der Waals surface area contributed by atoms with Crippen LogP contribution >= 0.6 is 0 Å². The van der Waals surface area contributed by atoms with Crippen LogP contribution < -0.4 is 11.1 Å². The number of anilines is 1. The van der Waals surface area contributed by atoms with Gasteiger partial charge in [-0.25, -0.2) is 18.0 Å². The van der Waals surface area contributed by atoms with Crippen LogP contribution in [-0.4, -0.2) is 18.1 Å². The van der Waals surface area contributed by atoms with Crippen molar-refractivity contribution in [2.75, 3.05) is 5.32 Å². The molecule has 4 nitrogen and oxygen atoms in total. The Bertz CT molecular complexity index is 525. The van der Waals surface area contributed by atoms with Crippen LogP contribution in [0.5, 0.6) is 0 Å². The SMILES string of the molecule is CC(C)(C)OC(=O)Nc1ccc(F)c(C(C)(N)C(F)F)c1. The van der Waals surface area contributed by atoms with E-state index in [2.05, 4.69) is 5.32 Å². The monoisotopic (exact) mass is 304 g/mol. The van der Waals surface area contributed by atoms with Crippen LogP contribution in [0.2, 0.25) is 0 Å². The van der Waals surface area contributed by atoms with E-state index < -0.39 is 29.5 Å². The third kappa shape index (κ3) is 4.63. The molecule has 1 aromatic rings. The lowest BCUT2D eigenvalue weighted by atomic mass is 9.93. The Hall–Kier alpha value is -1.76. The number of nitrogens with one attached hydrogen (secondary N) is 1. The molecule has 1 aromatic carbocycles. The number of hydrogen-bond acceptors (Lipinski definition) is 3. The highest BCUT2D eigenvalue weighted by Crippen LogP contribution is 2.29. The minimum Gasteiger partial charge on any atom is -0.444 e. The van der Waals surface area contributed by atoms with E-state index in [-0.39, 0.29) is 11.3 Å². The first-order valence-corrected chi connectivity index (χ1v) is 6.30. The molecular weight excluding hydrogens is 285 g/mol. The zero-order chi connectivity index (χ0) is 16.4. The normalized spacial score (nSPS) is 14.7. The van der Waals surface area contributed by atoms with E-state index >= 15 is 0 Å². The highest BCUT2D eigenvalue weighted by Gasteiger charge is 2.35. The molecular formula is C14H19F3N2O2. The molecule has 1 atom stereocenters. The van der Waals surface area contributed by atoms with Crippen LogP contribution in [0.1, 0.15) is 33.3 Å². The van der Waals surface area contributed by atoms with E-state index in [4.69, 9.17) is 10.5 Å². The zero-order valence-electron chi connectivity index (χ0n) is 12.3. The van der Waals surface area contributed by atoms with Crippen LogP contribution in [-0.2, 0) is 10.3 Å². The number of carbonyl (C=O) groups excluding carboxylic acids is 1. The predicted octanol–water partition coefficient (Wildman–Crippen LogP) is 3.61. The van der Waals surface area contributed by atoms with Gasteiger partial charge in [-0.1, -0.05) is 0 Å². The number of benzene rings is 1. The summed E-state index contributed by atoms with van der Waals surface area (Å²) in [6.45, 7) is 6.05. The van der Waals surface area contributed by atoms with Gasteiger partial charge in [0.15, 0.2) is 0 Å². The lowest BCUT2D eigenvalue weighted by Crippen LogP contribution is -2.41. The third-order valence-electron chi connectivity index (χ3n) is 2.65. The molecule has 21 heavy (non-hydrogen) atoms. The van der Waals surface area contributed by atoms with Crippen molar-refractivity contribution in [1.29, 1.82) is 0 Å². The molecule has 1 unspecified atom stereocenters. The van der Waals surface area contributed by atoms with Crippen molar-refractivity contribution in [3.8, 4) is 0 Å². The summed E-state index contributed by atoms with van der Waals surface area (Å²) >= 11 is 0. The van der Waals surface area contributed by atoms with Crippen LogP contribution in [0.15, 0.2) is 18.2 Å². The molecule has 0 saturated carbocycles. The molecule has 0 aromatic heterocycles. The zero-order valence-corrected chi connectivity index (χ0v) is 12.3. The van der Waals surface area contributed by atoms with Gasteiger partial charge in [0.1, 0.15) is 17.0 Å². The van der Waals surface area contributed by atoms with Gasteiger partial charge in [-0.3, -0.25) is 5.32 Å². The summed E-state index contributed by atoms with van der Waals surface area (Å²) in [6, 6.07) is 3.28. The number of carbonyl (C=O) groups is 1. The molecule has 0 spiro atoms. The quantitative estimate of drug-likeness (QED) is 0.896. The summed E-state index contributed by atoms with van der Waals surface area (Å²) in [7, 11) is 0. The summed E-state index contributed by atoms with van der Waals surface area (Å²) in [5.41, 5.74) is 2.32. The van der Waals surface area contributed by atoms with E-state index in [0.29, 0.717) is 0 Å². The topological polar surface area (TPSA) is 64.3 Å². The average molecular weight is 304 g/mol. The summed E-state index contributed by atoms with van der Waals surface area (Å²) in [6.07, 6.45) is -3.72. The molecule has 0 bridgehead atoms. The molecule has 0 radical (unpaired) electrons.